The number of benzene rings is 1. The number of carbonyl (C=O) groups excluding carboxylic acids is 2. The molecule has 0 aliphatic carbocycles. The van der Waals surface area contributed by atoms with Crippen molar-refractivity contribution in [1.29, 1.82) is 0 Å². The Bertz CT molecular complexity index is 727. The van der Waals surface area contributed by atoms with Crippen molar-refractivity contribution in [2.24, 2.45) is 11.1 Å². The van der Waals surface area contributed by atoms with Crippen LogP contribution in [0.15, 0.2) is 29.4 Å². The Labute approximate surface area is 160 Å². The number of amides is 2. The third-order valence-electron chi connectivity index (χ3n) is 5.15. The van der Waals surface area contributed by atoms with Crippen LogP contribution in [0.1, 0.15) is 50.7 Å². The minimum Gasteiger partial charge on any atom is -0.386 e. The number of hydrogen-bond donors (Lipinski definition) is 1. The molecule has 6 nitrogen and oxygen atoms in total. The summed E-state index contributed by atoms with van der Waals surface area (Å²) in [5, 5.41) is 6.97. The highest BCUT2D eigenvalue weighted by Crippen LogP contribution is 2.33. The number of oxime groups is 1. The van der Waals surface area contributed by atoms with Crippen molar-refractivity contribution < 1.29 is 14.4 Å². The van der Waals surface area contributed by atoms with Gasteiger partial charge >= 0.3 is 0 Å². The molecule has 1 aromatic carbocycles. The average molecular weight is 371 g/mol. The van der Waals surface area contributed by atoms with Gasteiger partial charge in [-0.05, 0) is 31.2 Å². The van der Waals surface area contributed by atoms with Crippen molar-refractivity contribution in [1.82, 2.24) is 10.2 Å². The Balaban J connectivity index is 1.54. The van der Waals surface area contributed by atoms with E-state index >= 15 is 0 Å². The number of rotatable bonds is 5. The molecule has 0 aromatic heterocycles. The van der Waals surface area contributed by atoms with Gasteiger partial charge in [0.25, 0.3) is 5.91 Å². The summed E-state index contributed by atoms with van der Waals surface area (Å²) in [5.41, 5.74) is 2.11. The predicted octanol–water partition coefficient (Wildman–Crippen LogP) is 2.79. The van der Waals surface area contributed by atoms with E-state index in [1.807, 2.05) is 49.9 Å². The number of piperidine rings is 1. The van der Waals surface area contributed by atoms with E-state index in [9.17, 15) is 9.59 Å². The van der Waals surface area contributed by atoms with Gasteiger partial charge in [-0.3, -0.25) is 9.59 Å². The summed E-state index contributed by atoms with van der Waals surface area (Å²) in [6.07, 6.45) is 2.69. The maximum absolute atomic E-state index is 12.5. The van der Waals surface area contributed by atoms with Crippen molar-refractivity contribution >= 4 is 17.5 Å². The standard InChI is InChI=1S/C21H29N3O3/c1-15(2)11-19(25)24-10-4-9-21(14-24)12-18(23-27-21)20(26)22-13-17-7-5-16(3)6-8-17/h5-8,15H,4,9-14H2,1-3H3,(H,22,26). The van der Waals surface area contributed by atoms with Crippen molar-refractivity contribution in [3.63, 3.8) is 0 Å². The number of nitrogens with one attached hydrogen (secondary N) is 1. The highest BCUT2D eigenvalue weighted by Gasteiger charge is 2.45. The fourth-order valence-corrected chi connectivity index (χ4v) is 3.64. The van der Waals surface area contributed by atoms with E-state index in [1.54, 1.807) is 0 Å². The Hall–Kier alpha value is -2.37. The molecule has 2 aliphatic rings. The Morgan fingerprint density at radius 2 is 2.04 bits per heavy atom. The molecule has 0 radical (unpaired) electrons. The second kappa shape index (κ2) is 8.11. The van der Waals surface area contributed by atoms with Crippen LogP contribution in [-0.4, -0.2) is 41.1 Å². The van der Waals surface area contributed by atoms with Crippen LogP contribution >= 0.6 is 0 Å². The number of nitrogens with zero attached hydrogens (tertiary/aromatic N) is 2. The molecule has 2 amide bonds. The lowest BCUT2D eigenvalue weighted by atomic mass is 9.87. The van der Waals surface area contributed by atoms with Crippen molar-refractivity contribution in [2.45, 2.75) is 58.6 Å². The Morgan fingerprint density at radius 1 is 1.30 bits per heavy atom. The highest BCUT2D eigenvalue weighted by molar-refractivity contribution is 6.39. The van der Waals surface area contributed by atoms with Gasteiger partial charge in [-0.15, -0.1) is 0 Å². The normalized spacial score (nSPS) is 21.9. The molecule has 0 bridgehead atoms. The van der Waals surface area contributed by atoms with Crippen LogP contribution in [-0.2, 0) is 21.0 Å². The van der Waals surface area contributed by atoms with Crippen LogP contribution in [0.25, 0.3) is 0 Å². The Morgan fingerprint density at radius 3 is 2.74 bits per heavy atom. The lowest BCUT2D eigenvalue weighted by Crippen LogP contribution is -2.51. The third-order valence-corrected chi connectivity index (χ3v) is 5.15. The molecular weight excluding hydrogens is 342 g/mol. The van der Waals surface area contributed by atoms with Gasteiger partial charge in [-0.25, -0.2) is 0 Å². The van der Waals surface area contributed by atoms with Gasteiger partial charge in [-0.2, -0.15) is 0 Å². The summed E-state index contributed by atoms with van der Waals surface area (Å²) in [7, 11) is 0. The molecule has 1 aromatic rings. The highest BCUT2D eigenvalue weighted by atomic mass is 16.7. The second-order valence-corrected chi connectivity index (χ2v) is 8.17. The number of likely N-dealkylation sites (tertiary alicyclic amines) is 1. The summed E-state index contributed by atoms with van der Waals surface area (Å²) in [6.45, 7) is 7.85. The van der Waals surface area contributed by atoms with E-state index in [0.717, 1.165) is 24.9 Å². The molecule has 1 saturated heterocycles. The molecule has 3 rings (SSSR count). The Kier molecular flexibility index (Phi) is 5.82. The zero-order valence-corrected chi connectivity index (χ0v) is 16.5. The fraction of sp³-hybridized carbons (Fsp3) is 0.571. The quantitative estimate of drug-likeness (QED) is 0.865. The SMILES string of the molecule is Cc1ccc(CNC(=O)C2=NOC3(CCCN(C(=O)CC(C)C)C3)C2)cc1. The maximum Gasteiger partial charge on any atom is 0.269 e. The van der Waals surface area contributed by atoms with Gasteiger partial charge in [0.2, 0.25) is 5.91 Å². The van der Waals surface area contributed by atoms with Gasteiger partial charge in [-0.1, -0.05) is 48.8 Å². The third kappa shape index (κ3) is 4.87. The van der Waals surface area contributed by atoms with Crippen LogP contribution in [0.2, 0.25) is 0 Å². The maximum atomic E-state index is 12.5. The van der Waals surface area contributed by atoms with Crippen LogP contribution in [0.3, 0.4) is 0 Å². The van der Waals surface area contributed by atoms with E-state index in [4.69, 9.17) is 4.84 Å². The lowest BCUT2D eigenvalue weighted by Gasteiger charge is -2.38. The first-order valence-electron chi connectivity index (χ1n) is 9.73. The predicted molar refractivity (Wildman–Crippen MR) is 104 cm³/mol. The zero-order valence-electron chi connectivity index (χ0n) is 16.5. The molecule has 1 N–H and O–H groups in total. The van der Waals surface area contributed by atoms with Crippen LogP contribution < -0.4 is 5.32 Å². The molecular formula is C21H29N3O3. The van der Waals surface area contributed by atoms with E-state index in [0.29, 0.717) is 37.6 Å². The van der Waals surface area contributed by atoms with Crippen molar-refractivity contribution in [3.05, 3.63) is 35.4 Å². The minimum absolute atomic E-state index is 0.157. The fourth-order valence-electron chi connectivity index (χ4n) is 3.64. The van der Waals surface area contributed by atoms with Crippen molar-refractivity contribution in [3.8, 4) is 0 Å². The molecule has 0 saturated carbocycles. The molecule has 2 aliphatic heterocycles. The van der Waals surface area contributed by atoms with Gasteiger partial charge in [0, 0.05) is 25.9 Å². The molecule has 1 unspecified atom stereocenters. The van der Waals surface area contributed by atoms with Gasteiger partial charge < -0.3 is 15.1 Å². The second-order valence-electron chi connectivity index (χ2n) is 8.17. The van der Waals surface area contributed by atoms with Gasteiger partial charge in [0.15, 0.2) is 5.60 Å². The summed E-state index contributed by atoms with van der Waals surface area (Å²) >= 11 is 0. The van der Waals surface area contributed by atoms with Crippen LogP contribution in [0.5, 0.6) is 0 Å². The first-order chi connectivity index (χ1) is 12.9. The van der Waals surface area contributed by atoms with E-state index in [-0.39, 0.29) is 11.8 Å². The van der Waals surface area contributed by atoms with Crippen LogP contribution in [0, 0.1) is 12.8 Å². The molecule has 6 heteroatoms. The van der Waals surface area contributed by atoms with Gasteiger partial charge in [0.05, 0.1) is 6.54 Å². The monoisotopic (exact) mass is 371 g/mol. The first kappa shape index (κ1) is 19.4. The molecule has 1 fully saturated rings. The molecule has 1 spiro atoms. The molecule has 2 heterocycles. The summed E-state index contributed by atoms with van der Waals surface area (Å²) in [6, 6.07) is 8.06. The molecule has 1 atom stereocenters. The van der Waals surface area contributed by atoms with Crippen molar-refractivity contribution in [2.75, 3.05) is 13.1 Å². The minimum atomic E-state index is -0.540. The number of hydrogen-bond acceptors (Lipinski definition) is 4. The summed E-state index contributed by atoms with van der Waals surface area (Å²) < 4.78 is 0. The molecule has 27 heavy (non-hydrogen) atoms. The zero-order chi connectivity index (χ0) is 19.4. The summed E-state index contributed by atoms with van der Waals surface area (Å²) in [4.78, 5) is 32.4. The smallest absolute Gasteiger partial charge is 0.269 e. The van der Waals surface area contributed by atoms with Crippen LogP contribution in [0.4, 0.5) is 0 Å². The lowest BCUT2D eigenvalue weighted by molar-refractivity contribution is -0.141. The van der Waals surface area contributed by atoms with E-state index < -0.39 is 5.60 Å². The largest absolute Gasteiger partial charge is 0.386 e. The average Bonchev–Trinajstić information content (AvgIpc) is 3.04. The molecule has 146 valence electrons. The summed E-state index contributed by atoms with van der Waals surface area (Å²) in [5.74, 6) is 0.294. The van der Waals surface area contributed by atoms with Gasteiger partial charge in [0.1, 0.15) is 5.71 Å². The van der Waals surface area contributed by atoms with E-state index in [1.165, 1.54) is 5.56 Å². The number of aryl methyl sites for hydroxylation is 1. The number of carbonyl (C=O) groups is 2. The topological polar surface area (TPSA) is 71.0 Å². The first-order valence-corrected chi connectivity index (χ1v) is 9.73. The van der Waals surface area contributed by atoms with E-state index in [2.05, 4.69) is 10.5 Å².